The van der Waals surface area contributed by atoms with Gasteiger partial charge in [0.2, 0.25) is 0 Å². The molecule has 0 spiro atoms. The summed E-state index contributed by atoms with van der Waals surface area (Å²) < 4.78 is 14.5. The number of hydrogen-bond donors (Lipinski definition) is 1. The molecular formula is C15H14BrClFN3O. The van der Waals surface area contributed by atoms with Crippen molar-refractivity contribution in [1.29, 1.82) is 0 Å². The van der Waals surface area contributed by atoms with Gasteiger partial charge in [-0.25, -0.2) is 9.37 Å². The predicted molar refractivity (Wildman–Crippen MR) is 87.0 cm³/mol. The summed E-state index contributed by atoms with van der Waals surface area (Å²) in [5, 5.41) is 0.352. The molecule has 0 unspecified atom stereocenters. The van der Waals surface area contributed by atoms with Crippen molar-refractivity contribution >= 4 is 38.4 Å². The van der Waals surface area contributed by atoms with Crippen LogP contribution in [0.25, 0.3) is 10.9 Å². The SMILES string of the molecule is CN(C)C12CC(c3nc4c(F)c(Br)c(Cl)cc4c(=O)[nH]3)(C1)C2. The molecule has 0 radical (unpaired) electrons. The summed E-state index contributed by atoms with van der Waals surface area (Å²) in [4.78, 5) is 21.8. The molecule has 1 aromatic carbocycles. The van der Waals surface area contributed by atoms with E-state index in [4.69, 9.17) is 11.6 Å². The summed E-state index contributed by atoms with van der Waals surface area (Å²) in [5.74, 6) is 0.0191. The van der Waals surface area contributed by atoms with Crippen LogP contribution >= 0.6 is 27.5 Å². The third-order valence-electron chi connectivity index (χ3n) is 5.29. The lowest BCUT2D eigenvalue weighted by atomic mass is 9.38. The van der Waals surface area contributed by atoms with Crippen LogP contribution in [-0.2, 0) is 5.41 Å². The number of nitrogens with one attached hydrogen (secondary N) is 1. The molecule has 2 aromatic rings. The number of rotatable bonds is 2. The lowest BCUT2D eigenvalue weighted by Gasteiger charge is -2.72. The van der Waals surface area contributed by atoms with E-state index in [9.17, 15) is 9.18 Å². The van der Waals surface area contributed by atoms with Crippen molar-refractivity contribution in [3.63, 3.8) is 0 Å². The first-order valence-corrected chi connectivity index (χ1v) is 8.21. The zero-order valence-electron chi connectivity index (χ0n) is 12.1. The molecule has 3 aliphatic carbocycles. The van der Waals surface area contributed by atoms with E-state index in [1.807, 2.05) is 0 Å². The Balaban J connectivity index is 1.85. The normalized spacial score (nSPS) is 29.5. The molecule has 1 N–H and O–H groups in total. The number of aromatic amines is 1. The summed E-state index contributed by atoms with van der Waals surface area (Å²) in [7, 11) is 4.14. The molecule has 4 nitrogen and oxygen atoms in total. The summed E-state index contributed by atoms with van der Waals surface area (Å²) in [6, 6.07) is 1.45. The minimum absolute atomic E-state index is 0.0821. The molecule has 1 heterocycles. The van der Waals surface area contributed by atoms with Gasteiger partial charge in [0.25, 0.3) is 5.56 Å². The van der Waals surface area contributed by atoms with Gasteiger partial charge in [-0.2, -0.15) is 0 Å². The molecule has 3 aliphatic rings. The number of fused-ring (bicyclic) bond motifs is 1. The van der Waals surface area contributed by atoms with Gasteiger partial charge in [0.1, 0.15) is 11.3 Å². The molecule has 2 bridgehead atoms. The van der Waals surface area contributed by atoms with Crippen molar-refractivity contribution in [1.82, 2.24) is 14.9 Å². The van der Waals surface area contributed by atoms with Crippen molar-refractivity contribution in [2.75, 3.05) is 14.1 Å². The highest BCUT2D eigenvalue weighted by Crippen LogP contribution is 2.69. The molecule has 0 amide bonds. The fourth-order valence-corrected chi connectivity index (χ4v) is 4.39. The topological polar surface area (TPSA) is 49.0 Å². The van der Waals surface area contributed by atoms with Crippen LogP contribution < -0.4 is 5.56 Å². The monoisotopic (exact) mass is 385 g/mol. The fraction of sp³-hybridized carbons (Fsp3) is 0.467. The Bertz CT molecular complexity index is 859. The van der Waals surface area contributed by atoms with E-state index in [0.717, 1.165) is 19.3 Å². The second-order valence-corrected chi connectivity index (χ2v) is 7.93. The van der Waals surface area contributed by atoms with Gasteiger partial charge in [0.15, 0.2) is 5.82 Å². The van der Waals surface area contributed by atoms with Crippen LogP contribution in [0, 0.1) is 5.82 Å². The average Bonchev–Trinajstić information content (AvgIpc) is 2.34. The first-order chi connectivity index (χ1) is 10.3. The van der Waals surface area contributed by atoms with Crippen LogP contribution in [-0.4, -0.2) is 34.5 Å². The Labute approximate surface area is 139 Å². The second kappa shape index (κ2) is 4.30. The maximum Gasteiger partial charge on any atom is 0.258 e. The second-order valence-electron chi connectivity index (χ2n) is 6.73. The molecule has 3 fully saturated rings. The maximum absolute atomic E-state index is 14.4. The first kappa shape index (κ1) is 14.6. The van der Waals surface area contributed by atoms with Crippen molar-refractivity contribution in [3.8, 4) is 0 Å². The van der Waals surface area contributed by atoms with Crippen molar-refractivity contribution in [3.05, 3.63) is 37.6 Å². The van der Waals surface area contributed by atoms with Gasteiger partial charge in [-0.1, -0.05) is 11.6 Å². The molecule has 22 heavy (non-hydrogen) atoms. The molecule has 0 saturated heterocycles. The Kier molecular flexibility index (Phi) is 2.86. The van der Waals surface area contributed by atoms with Gasteiger partial charge in [-0.15, -0.1) is 0 Å². The van der Waals surface area contributed by atoms with E-state index < -0.39 is 5.82 Å². The van der Waals surface area contributed by atoms with Gasteiger partial charge < -0.3 is 9.88 Å². The number of nitrogens with zero attached hydrogens (tertiary/aromatic N) is 2. The Morgan fingerprint density at radius 3 is 2.64 bits per heavy atom. The largest absolute Gasteiger partial charge is 0.310 e. The molecule has 0 atom stereocenters. The minimum Gasteiger partial charge on any atom is -0.310 e. The third kappa shape index (κ3) is 1.66. The van der Waals surface area contributed by atoms with Crippen molar-refractivity contribution in [2.24, 2.45) is 0 Å². The lowest BCUT2D eigenvalue weighted by molar-refractivity contribution is -0.155. The van der Waals surface area contributed by atoms with Crippen LogP contribution in [0.15, 0.2) is 15.3 Å². The summed E-state index contributed by atoms with van der Waals surface area (Å²) in [6.07, 6.45) is 2.87. The van der Waals surface area contributed by atoms with Crippen LogP contribution in [0.1, 0.15) is 25.1 Å². The molecular weight excluding hydrogens is 373 g/mol. The van der Waals surface area contributed by atoms with Crippen LogP contribution in [0.5, 0.6) is 0 Å². The molecule has 3 saturated carbocycles. The predicted octanol–water partition coefficient (Wildman–Crippen LogP) is 3.21. The van der Waals surface area contributed by atoms with Gasteiger partial charge in [-0.05, 0) is 55.4 Å². The molecule has 7 heteroatoms. The summed E-state index contributed by atoms with van der Waals surface area (Å²) >= 11 is 9.02. The van der Waals surface area contributed by atoms with E-state index >= 15 is 0 Å². The number of aromatic nitrogens is 2. The highest BCUT2D eigenvalue weighted by atomic mass is 79.9. The van der Waals surface area contributed by atoms with Crippen molar-refractivity contribution < 1.29 is 4.39 Å². The Hall–Kier alpha value is -0.980. The zero-order chi connectivity index (χ0) is 15.9. The average molecular weight is 387 g/mol. The van der Waals surface area contributed by atoms with E-state index in [-0.39, 0.29) is 36.9 Å². The maximum atomic E-state index is 14.4. The van der Waals surface area contributed by atoms with Gasteiger partial charge in [0.05, 0.1) is 14.9 Å². The van der Waals surface area contributed by atoms with Crippen LogP contribution in [0.3, 0.4) is 0 Å². The van der Waals surface area contributed by atoms with E-state index in [2.05, 4.69) is 44.9 Å². The quantitative estimate of drug-likeness (QED) is 0.806. The van der Waals surface area contributed by atoms with Crippen LogP contribution in [0.2, 0.25) is 5.02 Å². The Morgan fingerprint density at radius 1 is 1.41 bits per heavy atom. The van der Waals surface area contributed by atoms with E-state index in [1.165, 1.54) is 6.07 Å². The summed E-state index contributed by atoms with van der Waals surface area (Å²) in [5.41, 5.74) is -0.126. The fourth-order valence-electron chi connectivity index (χ4n) is 3.89. The van der Waals surface area contributed by atoms with E-state index in [1.54, 1.807) is 0 Å². The molecule has 0 aliphatic heterocycles. The first-order valence-electron chi connectivity index (χ1n) is 7.03. The smallest absolute Gasteiger partial charge is 0.258 e. The summed E-state index contributed by atoms with van der Waals surface area (Å²) in [6.45, 7) is 0. The minimum atomic E-state index is -0.580. The highest BCUT2D eigenvalue weighted by molar-refractivity contribution is 9.10. The number of hydrogen-bond acceptors (Lipinski definition) is 3. The molecule has 1 aromatic heterocycles. The number of benzene rings is 1. The highest BCUT2D eigenvalue weighted by Gasteiger charge is 2.70. The van der Waals surface area contributed by atoms with E-state index in [0.29, 0.717) is 5.82 Å². The van der Waals surface area contributed by atoms with Crippen LogP contribution in [0.4, 0.5) is 4.39 Å². The van der Waals surface area contributed by atoms with Gasteiger partial charge >= 0.3 is 0 Å². The number of H-pyrrole nitrogens is 1. The molecule has 5 rings (SSSR count). The molecule has 116 valence electrons. The lowest BCUT2D eigenvalue weighted by Crippen LogP contribution is -2.75. The van der Waals surface area contributed by atoms with Crippen molar-refractivity contribution in [2.45, 2.75) is 30.2 Å². The third-order valence-corrected chi connectivity index (χ3v) is 6.59. The standard InChI is InChI=1S/C15H14BrClFN3O/c1-21(2)15-4-14(5-15,6-15)13-19-11-7(12(22)20-13)3-8(17)9(16)10(11)18/h3H,4-6H2,1-2H3,(H,19,20,22). The van der Waals surface area contributed by atoms with Gasteiger partial charge in [-0.3, -0.25) is 4.79 Å². The van der Waals surface area contributed by atoms with Gasteiger partial charge in [0, 0.05) is 11.0 Å². The number of halogens is 3. The Morgan fingerprint density at radius 2 is 2.05 bits per heavy atom. The zero-order valence-corrected chi connectivity index (χ0v) is 14.5.